The van der Waals surface area contributed by atoms with E-state index in [1.165, 1.54) is 4.31 Å². The van der Waals surface area contributed by atoms with Gasteiger partial charge in [0, 0.05) is 12.7 Å². The van der Waals surface area contributed by atoms with Crippen LogP contribution in [0.5, 0.6) is 11.5 Å². The molecular weight excluding hydrogens is 388 g/mol. The minimum absolute atomic E-state index is 0.158. The predicted octanol–water partition coefficient (Wildman–Crippen LogP) is 3.80. The Kier molecular flexibility index (Phi) is 6.51. The minimum atomic E-state index is -3.73. The maximum Gasteiger partial charge on any atom is 0.243 e. The molecule has 0 saturated heterocycles. The molecule has 0 spiro atoms. The minimum Gasteiger partial charge on any atom is -0.493 e. The molecule has 1 heterocycles. The molecule has 0 aliphatic carbocycles. The maximum atomic E-state index is 13.4. The summed E-state index contributed by atoms with van der Waals surface area (Å²) in [6.45, 7) is 2.25. The fourth-order valence-electron chi connectivity index (χ4n) is 2.94. The topological polar surface area (TPSA) is 68.7 Å². The van der Waals surface area contributed by atoms with Gasteiger partial charge in [-0.05, 0) is 48.9 Å². The van der Waals surface area contributed by atoms with Gasteiger partial charge in [0.05, 0.1) is 31.4 Å². The van der Waals surface area contributed by atoms with Crippen LogP contribution in [0.1, 0.15) is 16.8 Å². The van der Waals surface area contributed by atoms with Gasteiger partial charge in [-0.1, -0.05) is 29.8 Å². The molecule has 0 atom stereocenters. The SMILES string of the molecule is COc1ccc(CN(Cc2ccccn2)S(=O)(=O)c2ccc(C)cc2)cc1OC. The summed E-state index contributed by atoms with van der Waals surface area (Å²) in [7, 11) is -0.614. The van der Waals surface area contributed by atoms with E-state index in [2.05, 4.69) is 4.98 Å². The fraction of sp³-hybridized carbons (Fsp3) is 0.227. The Labute approximate surface area is 171 Å². The first-order valence-corrected chi connectivity index (χ1v) is 10.6. The molecule has 0 aliphatic rings. The third kappa shape index (κ3) is 4.93. The number of sulfonamides is 1. The summed E-state index contributed by atoms with van der Waals surface area (Å²) < 4.78 is 38.8. The number of methoxy groups -OCH3 is 2. The van der Waals surface area contributed by atoms with Crippen molar-refractivity contribution in [1.82, 2.24) is 9.29 Å². The number of aryl methyl sites for hydroxylation is 1. The molecule has 0 radical (unpaired) electrons. The number of pyridine rings is 1. The average molecular weight is 413 g/mol. The first kappa shape index (κ1) is 20.8. The molecule has 0 unspecified atom stereocenters. The second kappa shape index (κ2) is 9.07. The Balaban J connectivity index is 1.98. The van der Waals surface area contributed by atoms with Crippen molar-refractivity contribution in [3.05, 3.63) is 83.7 Å². The van der Waals surface area contributed by atoms with Crippen molar-refractivity contribution in [2.75, 3.05) is 14.2 Å². The van der Waals surface area contributed by atoms with Crippen molar-refractivity contribution in [2.24, 2.45) is 0 Å². The molecule has 0 aliphatic heterocycles. The number of rotatable bonds is 8. The molecule has 7 heteroatoms. The van der Waals surface area contributed by atoms with E-state index in [1.807, 2.05) is 25.1 Å². The molecule has 29 heavy (non-hydrogen) atoms. The van der Waals surface area contributed by atoms with Gasteiger partial charge in [-0.15, -0.1) is 0 Å². The summed E-state index contributed by atoms with van der Waals surface area (Å²) in [6, 6.07) is 17.7. The van der Waals surface area contributed by atoms with Crippen molar-refractivity contribution in [2.45, 2.75) is 24.9 Å². The zero-order valence-electron chi connectivity index (χ0n) is 16.7. The summed E-state index contributed by atoms with van der Waals surface area (Å²) >= 11 is 0. The largest absolute Gasteiger partial charge is 0.493 e. The Morgan fingerprint density at radius 2 is 1.62 bits per heavy atom. The van der Waals surface area contributed by atoms with Crippen molar-refractivity contribution >= 4 is 10.0 Å². The van der Waals surface area contributed by atoms with Gasteiger partial charge in [0.25, 0.3) is 0 Å². The van der Waals surface area contributed by atoms with Crippen LogP contribution in [-0.4, -0.2) is 31.9 Å². The molecule has 1 aromatic heterocycles. The van der Waals surface area contributed by atoms with Gasteiger partial charge in [0.2, 0.25) is 10.0 Å². The Morgan fingerprint density at radius 3 is 2.24 bits per heavy atom. The van der Waals surface area contributed by atoms with E-state index in [0.717, 1.165) is 11.1 Å². The van der Waals surface area contributed by atoms with Gasteiger partial charge < -0.3 is 9.47 Å². The Hall–Kier alpha value is -2.90. The van der Waals surface area contributed by atoms with Gasteiger partial charge in [-0.3, -0.25) is 4.98 Å². The molecule has 3 rings (SSSR count). The van der Waals surface area contributed by atoms with E-state index in [1.54, 1.807) is 62.9 Å². The molecule has 2 aromatic carbocycles. The summed E-state index contributed by atoms with van der Waals surface area (Å²) in [5.74, 6) is 1.14. The van der Waals surface area contributed by atoms with Crippen molar-refractivity contribution in [3.8, 4) is 11.5 Å². The van der Waals surface area contributed by atoms with Gasteiger partial charge >= 0.3 is 0 Å². The highest BCUT2D eigenvalue weighted by Gasteiger charge is 2.25. The van der Waals surface area contributed by atoms with Crippen LogP contribution in [-0.2, 0) is 23.1 Å². The second-order valence-corrected chi connectivity index (χ2v) is 8.53. The molecule has 0 amide bonds. The molecule has 152 valence electrons. The number of ether oxygens (including phenoxy) is 2. The summed E-state index contributed by atoms with van der Waals surface area (Å²) in [5.41, 5.74) is 2.46. The normalized spacial score (nSPS) is 11.4. The van der Waals surface area contributed by atoms with Gasteiger partial charge in [-0.2, -0.15) is 4.31 Å². The number of hydrogen-bond acceptors (Lipinski definition) is 5. The molecule has 6 nitrogen and oxygen atoms in total. The van der Waals surface area contributed by atoms with Crippen LogP contribution >= 0.6 is 0 Å². The quantitative estimate of drug-likeness (QED) is 0.563. The highest BCUT2D eigenvalue weighted by Crippen LogP contribution is 2.29. The smallest absolute Gasteiger partial charge is 0.243 e. The summed E-state index contributed by atoms with van der Waals surface area (Å²) in [5, 5.41) is 0. The standard InChI is InChI=1S/C22H24N2O4S/c1-17-7-10-20(11-8-17)29(25,26)24(16-19-6-4-5-13-23-19)15-18-9-12-21(27-2)22(14-18)28-3/h4-14H,15-16H2,1-3H3. The lowest BCUT2D eigenvalue weighted by molar-refractivity contribution is 0.352. The van der Waals surface area contributed by atoms with Crippen LogP contribution in [0, 0.1) is 6.92 Å². The Bertz CT molecular complexity index is 1050. The average Bonchev–Trinajstić information content (AvgIpc) is 2.74. The lowest BCUT2D eigenvalue weighted by atomic mass is 10.2. The van der Waals surface area contributed by atoms with Gasteiger partial charge in [0.15, 0.2) is 11.5 Å². The molecular formula is C22H24N2O4S. The zero-order valence-corrected chi connectivity index (χ0v) is 17.5. The van der Waals surface area contributed by atoms with Gasteiger partial charge in [-0.25, -0.2) is 8.42 Å². The molecule has 0 bridgehead atoms. The third-order valence-corrected chi connectivity index (χ3v) is 6.34. The van der Waals surface area contributed by atoms with E-state index >= 15 is 0 Å². The van der Waals surface area contributed by atoms with E-state index < -0.39 is 10.0 Å². The number of benzene rings is 2. The van der Waals surface area contributed by atoms with E-state index in [-0.39, 0.29) is 18.0 Å². The lowest BCUT2D eigenvalue weighted by Gasteiger charge is -2.23. The van der Waals surface area contributed by atoms with Crippen LogP contribution in [0.2, 0.25) is 0 Å². The zero-order chi connectivity index (χ0) is 20.9. The fourth-order valence-corrected chi connectivity index (χ4v) is 4.34. The first-order valence-electron chi connectivity index (χ1n) is 9.11. The molecule has 3 aromatic rings. The van der Waals surface area contributed by atoms with E-state index in [9.17, 15) is 8.42 Å². The molecule has 0 saturated carbocycles. The monoisotopic (exact) mass is 412 g/mol. The number of nitrogens with zero attached hydrogens (tertiary/aromatic N) is 2. The van der Waals surface area contributed by atoms with Crippen molar-refractivity contribution in [1.29, 1.82) is 0 Å². The second-order valence-electron chi connectivity index (χ2n) is 6.60. The predicted molar refractivity (Wildman–Crippen MR) is 111 cm³/mol. The van der Waals surface area contributed by atoms with Crippen LogP contribution in [0.4, 0.5) is 0 Å². The summed E-state index contributed by atoms with van der Waals surface area (Å²) in [6.07, 6.45) is 1.66. The summed E-state index contributed by atoms with van der Waals surface area (Å²) in [4.78, 5) is 4.54. The Morgan fingerprint density at radius 1 is 0.897 bits per heavy atom. The molecule has 0 N–H and O–H groups in total. The van der Waals surface area contributed by atoms with E-state index in [0.29, 0.717) is 17.2 Å². The van der Waals surface area contributed by atoms with Crippen LogP contribution in [0.15, 0.2) is 71.8 Å². The third-order valence-electron chi connectivity index (χ3n) is 4.53. The van der Waals surface area contributed by atoms with Gasteiger partial charge in [0.1, 0.15) is 0 Å². The number of aromatic nitrogens is 1. The van der Waals surface area contributed by atoms with Crippen molar-refractivity contribution < 1.29 is 17.9 Å². The lowest BCUT2D eigenvalue weighted by Crippen LogP contribution is -2.30. The first-order chi connectivity index (χ1) is 13.9. The highest BCUT2D eigenvalue weighted by atomic mass is 32.2. The van der Waals surface area contributed by atoms with Crippen molar-refractivity contribution in [3.63, 3.8) is 0 Å². The van der Waals surface area contributed by atoms with Crippen LogP contribution in [0.25, 0.3) is 0 Å². The molecule has 0 fully saturated rings. The van der Waals surface area contributed by atoms with Crippen LogP contribution in [0.3, 0.4) is 0 Å². The maximum absolute atomic E-state index is 13.4. The highest BCUT2D eigenvalue weighted by molar-refractivity contribution is 7.89. The van der Waals surface area contributed by atoms with E-state index in [4.69, 9.17) is 9.47 Å². The van der Waals surface area contributed by atoms with Crippen LogP contribution < -0.4 is 9.47 Å². The number of hydrogen-bond donors (Lipinski definition) is 0.